The third-order valence-electron chi connectivity index (χ3n) is 4.64. The maximum absolute atomic E-state index is 8.81. The topological polar surface area (TPSA) is 74.9 Å². The maximum atomic E-state index is 8.81. The van der Waals surface area contributed by atoms with Crippen LogP contribution < -0.4 is 9.64 Å². The maximum Gasteiger partial charge on any atom is 0.233 e. The van der Waals surface area contributed by atoms with Gasteiger partial charge in [0.1, 0.15) is 11.8 Å². The lowest BCUT2D eigenvalue weighted by molar-refractivity contribution is 0.249. The summed E-state index contributed by atoms with van der Waals surface area (Å²) < 4.78 is 5.81. The van der Waals surface area contributed by atoms with Crippen LogP contribution in [-0.2, 0) is 0 Å². The van der Waals surface area contributed by atoms with Gasteiger partial charge in [-0.2, -0.15) is 10.4 Å². The molecule has 1 saturated heterocycles. The zero-order chi connectivity index (χ0) is 16.4. The highest BCUT2D eigenvalue weighted by Gasteiger charge is 2.26. The Morgan fingerprint density at radius 3 is 2.75 bits per heavy atom. The molecule has 4 rings (SSSR count). The number of rotatable bonds is 5. The molecule has 3 heterocycles. The smallest absolute Gasteiger partial charge is 0.233 e. The van der Waals surface area contributed by atoms with E-state index in [-0.39, 0.29) is 0 Å². The fraction of sp³-hybridized carbons (Fsp3) is 0.444. The number of hydrogen-bond acceptors (Lipinski definition) is 6. The van der Waals surface area contributed by atoms with Crippen molar-refractivity contribution >= 4 is 5.69 Å². The normalized spacial score (nSPS) is 20.0. The Labute approximate surface area is 141 Å². The van der Waals surface area contributed by atoms with Crippen molar-refractivity contribution in [3.05, 3.63) is 41.9 Å². The lowest BCUT2D eigenvalue weighted by Gasteiger charge is -2.18. The van der Waals surface area contributed by atoms with E-state index in [1.165, 1.54) is 12.8 Å². The van der Waals surface area contributed by atoms with Crippen LogP contribution in [0.5, 0.6) is 5.88 Å². The highest BCUT2D eigenvalue weighted by molar-refractivity contribution is 5.46. The van der Waals surface area contributed by atoms with E-state index >= 15 is 0 Å². The van der Waals surface area contributed by atoms with Crippen LogP contribution in [0.15, 0.2) is 30.5 Å². The molecule has 0 radical (unpaired) electrons. The molecule has 2 aromatic rings. The second kappa shape index (κ2) is 6.44. The van der Waals surface area contributed by atoms with Gasteiger partial charge in [0, 0.05) is 31.0 Å². The van der Waals surface area contributed by atoms with Crippen molar-refractivity contribution in [2.24, 2.45) is 5.92 Å². The number of nitriles is 1. The lowest BCUT2D eigenvalue weighted by Crippen LogP contribution is -2.22. The van der Waals surface area contributed by atoms with E-state index in [0.29, 0.717) is 30.0 Å². The van der Waals surface area contributed by atoms with Crippen LogP contribution in [-0.4, -0.2) is 34.9 Å². The number of aromatic nitrogens is 3. The Bertz CT molecular complexity index is 733. The van der Waals surface area contributed by atoms with Crippen LogP contribution in [0.3, 0.4) is 0 Å². The van der Waals surface area contributed by atoms with Crippen LogP contribution in [0.25, 0.3) is 0 Å². The Kier molecular flexibility index (Phi) is 3.99. The van der Waals surface area contributed by atoms with Crippen molar-refractivity contribution in [3.8, 4) is 11.9 Å². The van der Waals surface area contributed by atoms with Gasteiger partial charge in [0.15, 0.2) is 0 Å². The first-order valence-electron chi connectivity index (χ1n) is 8.39. The first-order valence-corrected chi connectivity index (χ1v) is 8.39. The molecule has 0 aromatic carbocycles. The van der Waals surface area contributed by atoms with Crippen molar-refractivity contribution in [2.75, 3.05) is 24.6 Å². The molecule has 1 saturated carbocycles. The molecule has 24 heavy (non-hydrogen) atoms. The Morgan fingerprint density at radius 1 is 1.17 bits per heavy atom. The predicted molar refractivity (Wildman–Crippen MR) is 88.8 cm³/mol. The van der Waals surface area contributed by atoms with Crippen molar-refractivity contribution < 1.29 is 4.74 Å². The van der Waals surface area contributed by atoms with Gasteiger partial charge in [0.2, 0.25) is 5.88 Å². The molecule has 2 aromatic heterocycles. The van der Waals surface area contributed by atoms with E-state index < -0.39 is 0 Å². The quantitative estimate of drug-likeness (QED) is 0.842. The summed E-state index contributed by atoms with van der Waals surface area (Å²) in [5.41, 5.74) is 2.60. The molecule has 6 heteroatoms. The highest BCUT2D eigenvalue weighted by Crippen LogP contribution is 2.38. The minimum absolute atomic E-state index is 0.450. The van der Waals surface area contributed by atoms with E-state index in [9.17, 15) is 0 Å². The van der Waals surface area contributed by atoms with E-state index in [4.69, 9.17) is 10.00 Å². The highest BCUT2D eigenvalue weighted by atomic mass is 16.5. The molecule has 0 amide bonds. The summed E-state index contributed by atoms with van der Waals surface area (Å²) in [6.07, 6.45) is 5.31. The van der Waals surface area contributed by atoms with Gasteiger partial charge in [-0.15, -0.1) is 5.10 Å². The Hall–Kier alpha value is -2.68. The molecule has 122 valence electrons. The first-order chi connectivity index (χ1) is 11.8. The van der Waals surface area contributed by atoms with E-state index in [0.717, 1.165) is 30.9 Å². The van der Waals surface area contributed by atoms with Crippen LogP contribution >= 0.6 is 0 Å². The molecule has 2 aliphatic rings. The number of anilines is 1. The Balaban J connectivity index is 1.29. The number of hydrogen-bond donors (Lipinski definition) is 0. The molecule has 6 nitrogen and oxygen atoms in total. The third kappa shape index (κ3) is 3.30. The molecule has 1 aliphatic carbocycles. The van der Waals surface area contributed by atoms with Crippen LogP contribution in [0, 0.1) is 17.2 Å². The van der Waals surface area contributed by atoms with Crippen LogP contribution in [0.2, 0.25) is 0 Å². The fourth-order valence-electron chi connectivity index (χ4n) is 3.05. The molecule has 1 unspecified atom stereocenters. The second-order valence-electron chi connectivity index (χ2n) is 6.50. The second-order valence-corrected chi connectivity index (χ2v) is 6.50. The number of nitrogens with zero attached hydrogens (tertiary/aromatic N) is 5. The van der Waals surface area contributed by atoms with Crippen molar-refractivity contribution in [2.45, 2.75) is 25.2 Å². The van der Waals surface area contributed by atoms with E-state index in [1.54, 1.807) is 12.3 Å². The molecule has 0 bridgehead atoms. The van der Waals surface area contributed by atoms with Crippen LogP contribution in [0.4, 0.5) is 5.69 Å². The molecule has 1 aliphatic heterocycles. The number of ether oxygens (including phenoxy) is 1. The van der Waals surface area contributed by atoms with Gasteiger partial charge >= 0.3 is 0 Å². The van der Waals surface area contributed by atoms with Crippen LogP contribution in [0.1, 0.15) is 36.6 Å². The van der Waals surface area contributed by atoms with E-state index in [1.807, 2.05) is 24.3 Å². The average molecular weight is 321 g/mol. The molecular weight excluding hydrogens is 302 g/mol. The average Bonchev–Trinajstić information content (AvgIpc) is 3.38. The SMILES string of the molecule is N#Cc1ccc(N2CCC(COc3ccc(C4CC4)nn3)C2)cn1. The Morgan fingerprint density at radius 2 is 2.08 bits per heavy atom. The summed E-state index contributed by atoms with van der Waals surface area (Å²) in [6, 6.07) is 9.72. The zero-order valence-electron chi connectivity index (χ0n) is 13.4. The summed E-state index contributed by atoms with van der Waals surface area (Å²) >= 11 is 0. The minimum Gasteiger partial charge on any atom is -0.476 e. The molecule has 0 spiro atoms. The molecular formula is C18H19N5O. The van der Waals surface area contributed by atoms with E-state index in [2.05, 4.69) is 20.1 Å². The number of pyridine rings is 1. The summed E-state index contributed by atoms with van der Waals surface area (Å²) in [7, 11) is 0. The molecule has 2 fully saturated rings. The van der Waals surface area contributed by atoms with Gasteiger partial charge in [-0.1, -0.05) is 0 Å². The third-order valence-corrected chi connectivity index (χ3v) is 4.64. The van der Waals surface area contributed by atoms with Crippen molar-refractivity contribution in [1.29, 1.82) is 5.26 Å². The summed E-state index contributed by atoms with van der Waals surface area (Å²) in [5, 5.41) is 17.2. The largest absolute Gasteiger partial charge is 0.476 e. The van der Waals surface area contributed by atoms with Gasteiger partial charge in [-0.3, -0.25) is 0 Å². The zero-order valence-corrected chi connectivity index (χ0v) is 13.4. The molecule has 1 atom stereocenters. The lowest BCUT2D eigenvalue weighted by atomic mass is 10.1. The summed E-state index contributed by atoms with van der Waals surface area (Å²) in [4.78, 5) is 6.42. The predicted octanol–water partition coefficient (Wildman–Crippen LogP) is 2.53. The standard InChI is InChI=1S/C18H19N5O/c19-9-15-3-4-16(10-20-15)23-8-7-13(11-23)12-24-18-6-5-17(21-22-18)14-1-2-14/h3-6,10,13-14H,1-2,7-8,11-12H2. The van der Waals surface area contributed by atoms with Crippen molar-refractivity contribution in [1.82, 2.24) is 15.2 Å². The fourth-order valence-corrected chi connectivity index (χ4v) is 3.05. The van der Waals surface area contributed by atoms with Gasteiger partial charge in [0.05, 0.1) is 24.2 Å². The summed E-state index contributed by atoms with van der Waals surface area (Å²) in [5.74, 6) is 1.69. The van der Waals surface area contributed by atoms with Gasteiger partial charge in [0.25, 0.3) is 0 Å². The van der Waals surface area contributed by atoms with Gasteiger partial charge in [-0.05, 0) is 37.5 Å². The van der Waals surface area contributed by atoms with Crippen molar-refractivity contribution in [3.63, 3.8) is 0 Å². The first kappa shape index (κ1) is 14.9. The summed E-state index contributed by atoms with van der Waals surface area (Å²) in [6.45, 7) is 2.56. The van der Waals surface area contributed by atoms with Gasteiger partial charge < -0.3 is 9.64 Å². The minimum atomic E-state index is 0.450. The molecule has 0 N–H and O–H groups in total. The van der Waals surface area contributed by atoms with Gasteiger partial charge in [-0.25, -0.2) is 4.98 Å². The monoisotopic (exact) mass is 321 g/mol.